The molecule has 2 unspecified atom stereocenters. The van der Waals surface area contributed by atoms with Crippen LogP contribution in [0.2, 0.25) is 0 Å². The Morgan fingerprint density at radius 2 is 1.52 bits per heavy atom. The smallest absolute Gasteiger partial charge is 0.320 e. The van der Waals surface area contributed by atoms with Crippen LogP contribution < -0.4 is 5.32 Å². The molecule has 2 atom stereocenters. The topological polar surface area (TPSA) is 90.0 Å². The van der Waals surface area contributed by atoms with Gasteiger partial charge in [0.2, 0.25) is 5.91 Å². The van der Waals surface area contributed by atoms with E-state index < -0.39 is 11.9 Å². The molecule has 0 bridgehead atoms. The van der Waals surface area contributed by atoms with Crippen LogP contribution in [0.15, 0.2) is 0 Å². The zero-order chi connectivity index (χ0) is 15.4. The standard InChI is InChI=1S/C14H23N3O4/c1-15-12(18)10-4-2-6-16(8-10)14(21)17-7-3-5-11(9-17)13(19)20/h10-11H,2-9H2,1H3,(H,15,18)(H,19,20). The Morgan fingerprint density at radius 3 is 2.05 bits per heavy atom. The monoisotopic (exact) mass is 297 g/mol. The lowest BCUT2D eigenvalue weighted by Gasteiger charge is -2.38. The number of amides is 3. The molecule has 118 valence electrons. The lowest BCUT2D eigenvalue weighted by molar-refractivity contribution is -0.143. The van der Waals surface area contributed by atoms with Crippen LogP contribution in [0, 0.1) is 11.8 Å². The Hall–Kier alpha value is -1.79. The first kappa shape index (κ1) is 15.6. The van der Waals surface area contributed by atoms with Crippen molar-refractivity contribution in [3.8, 4) is 0 Å². The molecule has 2 aliphatic rings. The first-order chi connectivity index (χ1) is 10.0. The lowest BCUT2D eigenvalue weighted by Crippen LogP contribution is -2.52. The van der Waals surface area contributed by atoms with Gasteiger partial charge in [-0.25, -0.2) is 4.79 Å². The van der Waals surface area contributed by atoms with E-state index in [0.29, 0.717) is 26.1 Å². The molecule has 2 aliphatic heterocycles. The summed E-state index contributed by atoms with van der Waals surface area (Å²) in [5.74, 6) is -1.50. The second-order valence-corrected chi connectivity index (χ2v) is 5.81. The van der Waals surface area contributed by atoms with Crippen molar-refractivity contribution >= 4 is 17.9 Å². The number of carboxylic acids is 1. The van der Waals surface area contributed by atoms with Crippen molar-refractivity contribution in [1.29, 1.82) is 0 Å². The minimum Gasteiger partial charge on any atom is -0.481 e. The normalized spacial score (nSPS) is 26.3. The van der Waals surface area contributed by atoms with Gasteiger partial charge >= 0.3 is 12.0 Å². The predicted molar refractivity (Wildman–Crippen MR) is 75.7 cm³/mol. The van der Waals surface area contributed by atoms with Crippen LogP contribution >= 0.6 is 0 Å². The zero-order valence-electron chi connectivity index (χ0n) is 12.4. The van der Waals surface area contributed by atoms with E-state index in [-0.39, 0.29) is 24.4 Å². The maximum atomic E-state index is 12.5. The molecule has 2 heterocycles. The predicted octanol–water partition coefficient (Wildman–Crippen LogP) is 0.361. The highest BCUT2D eigenvalue weighted by molar-refractivity contribution is 5.81. The van der Waals surface area contributed by atoms with Crippen molar-refractivity contribution in [3.63, 3.8) is 0 Å². The first-order valence-electron chi connectivity index (χ1n) is 7.51. The Balaban J connectivity index is 1.95. The van der Waals surface area contributed by atoms with E-state index in [2.05, 4.69) is 5.32 Å². The molecule has 7 heteroatoms. The molecule has 2 N–H and O–H groups in total. The van der Waals surface area contributed by atoms with Crippen molar-refractivity contribution < 1.29 is 19.5 Å². The maximum Gasteiger partial charge on any atom is 0.320 e. The van der Waals surface area contributed by atoms with Gasteiger partial charge in [0.25, 0.3) is 0 Å². The number of hydrogen-bond donors (Lipinski definition) is 2. The number of piperidine rings is 2. The fraction of sp³-hybridized carbons (Fsp3) is 0.786. The third-order valence-corrected chi connectivity index (χ3v) is 4.35. The second-order valence-electron chi connectivity index (χ2n) is 5.81. The van der Waals surface area contributed by atoms with Crippen molar-refractivity contribution in [2.24, 2.45) is 11.8 Å². The van der Waals surface area contributed by atoms with Gasteiger partial charge in [-0.05, 0) is 25.7 Å². The van der Waals surface area contributed by atoms with Gasteiger partial charge in [0.05, 0.1) is 11.8 Å². The number of rotatable bonds is 2. The van der Waals surface area contributed by atoms with Gasteiger partial charge in [0, 0.05) is 33.2 Å². The molecule has 2 fully saturated rings. The highest BCUT2D eigenvalue weighted by atomic mass is 16.4. The molecule has 21 heavy (non-hydrogen) atoms. The molecule has 0 aromatic rings. The van der Waals surface area contributed by atoms with E-state index in [9.17, 15) is 14.4 Å². The Bertz CT molecular complexity index is 426. The summed E-state index contributed by atoms with van der Waals surface area (Å²) in [6.45, 7) is 1.94. The van der Waals surface area contributed by atoms with Gasteiger partial charge in [0.15, 0.2) is 0 Å². The minimum absolute atomic E-state index is 0.0328. The molecule has 2 saturated heterocycles. The average Bonchev–Trinajstić information content (AvgIpc) is 2.53. The Morgan fingerprint density at radius 1 is 1.00 bits per heavy atom. The number of carbonyl (C=O) groups is 3. The van der Waals surface area contributed by atoms with Gasteiger partial charge in [-0.2, -0.15) is 0 Å². The molecule has 3 amide bonds. The summed E-state index contributed by atoms with van der Waals surface area (Å²) in [4.78, 5) is 38.6. The van der Waals surface area contributed by atoms with Crippen molar-refractivity contribution in [3.05, 3.63) is 0 Å². The molecule has 0 aliphatic carbocycles. The summed E-state index contributed by atoms with van der Waals surface area (Å²) in [6, 6.07) is -0.130. The summed E-state index contributed by atoms with van der Waals surface area (Å²) in [7, 11) is 1.60. The second kappa shape index (κ2) is 6.78. The van der Waals surface area contributed by atoms with Gasteiger partial charge in [-0.15, -0.1) is 0 Å². The largest absolute Gasteiger partial charge is 0.481 e. The highest BCUT2D eigenvalue weighted by Crippen LogP contribution is 2.22. The molecular weight excluding hydrogens is 274 g/mol. The number of urea groups is 1. The van der Waals surface area contributed by atoms with Crippen molar-refractivity contribution in [2.45, 2.75) is 25.7 Å². The fourth-order valence-corrected chi connectivity index (χ4v) is 3.12. The SMILES string of the molecule is CNC(=O)C1CCCN(C(=O)N2CCCC(C(=O)O)C2)C1. The number of nitrogens with zero attached hydrogens (tertiary/aromatic N) is 2. The van der Waals surface area contributed by atoms with Crippen LogP contribution in [0.4, 0.5) is 4.79 Å². The van der Waals surface area contributed by atoms with Gasteiger partial charge in [-0.3, -0.25) is 9.59 Å². The summed E-state index contributed by atoms with van der Waals surface area (Å²) in [5.41, 5.74) is 0. The Labute approximate surface area is 124 Å². The van der Waals surface area contributed by atoms with Crippen molar-refractivity contribution in [1.82, 2.24) is 15.1 Å². The van der Waals surface area contributed by atoms with E-state index in [1.807, 2.05) is 0 Å². The van der Waals surface area contributed by atoms with Crippen molar-refractivity contribution in [2.75, 3.05) is 33.2 Å². The fourth-order valence-electron chi connectivity index (χ4n) is 3.12. The summed E-state index contributed by atoms with van der Waals surface area (Å²) >= 11 is 0. The molecule has 0 radical (unpaired) electrons. The summed E-state index contributed by atoms with van der Waals surface area (Å²) < 4.78 is 0. The highest BCUT2D eigenvalue weighted by Gasteiger charge is 2.33. The van der Waals surface area contributed by atoms with Gasteiger partial charge in [0.1, 0.15) is 0 Å². The van der Waals surface area contributed by atoms with Gasteiger partial charge in [-0.1, -0.05) is 0 Å². The Kier molecular flexibility index (Phi) is 5.03. The number of hydrogen-bond acceptors (Lipinski definition) is 3. The van der Waals surface area contributed by atoms with Crippen LogP contribution in [0.3, 0.4) is 0 Å². The third kappa shape index (κ3) is 3.65. The number of aliphatic carboxylic acids is 1. The zero-order valence-corrected chi connectivity index (χ0v) is 12.4. The number of nitrogens with one attached hydrogen (secondary N) is 1. The van der Waals surface area contributed by atoms with Crippen LogP contribution in [-0.4, -0.2) is 66.0 Å². The van der Waals surface area contributed by atoms with E-state index in [0.717, 1.165) is 19.3 Å². The average molecular weight is 297 g/mol. The van der Waals surface area contributed by atoms with Crippen LogP contribution in [0.5, 0.6) is 0 Å². The number of carboxylic acid groups (broad SMARTS) is 1. The quantitative estimate of drug-likeness (QED) is 0.770. The van der Waals surface area contributed by atoms with E-state index >= 15 is 0 Å². The van der Waals surface area contributed by atoms with Gasteiger partial charge < -0.3 is 20.2 Å². The van der Waals surface area contributed by atoms with E-state index in [1.54, 1.807) is 16.8 Å². The number of likely N-dealkylation sites (tertiary alicyclic amines) is 2. The summed E-state index contributed by atoms with van der Waals surface area (Å²) in [6.07, 6.45) is 2.94. The summed E-state index contributed by atoms with van der Waals surface area (Å²) in [5, 5.41) is 11.7. The molecule has 7 nitrogen and oxygen atoms in total. The molecule has 0 aromatic heterocycles. The molecular formula is C14H23N3O4. The first-order valence-corrected chi connectivity index (χ1v) is 7.51. The van der Waals surface area contributed by atoms with Crippen LogP contribution in [0.1, 0.15) is 25.7 Å². The molecule has 2 rings (SSSR count). The third-order valence-electron chi connectivity index (χ3n) is 4.35. The lowest BCUT2D eigenvalue weighted by atomic mass is 9.96. The molecule has 0 spiro atoms. The molecule has 0 aromatic carbocycles. The van der Waals surface area contributed by atoms with E-state index in [4.69, 9.17) is 5.11 Å². The molecule has 0 saturated carbocycles. The number of carbonyl (C=O) groups excluding carboxylic acids is 2. The van der Waals surface area contributed by atoms with Crippen LogP contribution in [-0.2, 0) is 9.59 Å². The maximum absolute atomic E-state index is 12.5. The minimum atomic E-state index is -0.839. The van der Waals surface area contributed by atoms with E-state index in [1.165, 1.54) is 0 Å². The van der Waals surface area contributed by atoms with Crippen LogP contribution in [0.25, 0.3) is 0 Å².